The Labute approximate surface area is 128 Å². The lowest BCUT2D eigenvalue weighted by Gasteiger charge is -2.37. The number of halogens is 2. The maximum Gasteiger partial charge on any atom is 0.160 e. The minimum Gasteiger partial charge on any atom is -0.368 e. The second-order valence-electron chi connectivity index (χ2n) is 5.26. The molecule has 1 aromatic heterocycles. The van der Waals surface area contributed by atoms with Gasteiger partial charge in [0.15, 0.2) is 11.6 Å². The molecule has 1 aliphatic heterocycles. The molecule has 2 N–H and O–H groups in total. The summed E-state index contributed by atoms with van der Waals surface area (Å²) in [5.41, 5.74) is 7.48. The van der Waals surface area contributed by atoms with Gasteiger partial charge in [0.05, 0.1) is 0 Å². The molecule has 0 saturated carbocycles. The van der Waals surface area contributed by atoms with Crippen molar-refractivity contribution in [2.45, 2.75) is 6.54 Å². The molecule has 1 fully saturated rings. The van der Waals surface area contributed by atoms with Crippen molar-refractivity contribution in [3.63, 3.8) is 0 Å². The van der Waals surface area contributed by atoms with Gasteiger partial charge >= 0.3 is 0 Å². The Morgan fingerprint density at radius 2 is 1.73 bits per heavy atom. The van der Waals surface area contributed by atoms with Crippen LogP contribution in [0.4, 0.5) is 20.3 Å². The van der Waals surface area contributed by atoms with Crippen molar-refractivity contribution in [1.29, 1.82) is 0 Å². The Bertz CT molecular complexity index is 654. The zero-order valence-electron chi connectivity index (χ0n) is 12.2. The lowest BCUT2D eigenvalue weighted by Crippen LogP contribution is -2.47. The minimum atomic E-state index is -0.816. The Balaban J connectivity index is 1.71. The first kappa shape index (κ1) is 14.7. The second kappa shape index (κ2) is 6.27. The SMILES string of the molecule is NCc1cccnc1N1CCN(c2ccc(F)c(F)c2)CC1. The Morgan fingerprint density at radius 1 is 1.00 bits per heavy atom. The van der Waals surface area contributed by atoms with Crippen LogP contribution in [0.3, 0.4) is 0 Å². The molecule has 0 amide bonds. The number of piperazine rings is 1. The van der Waals surface area contributed by atoms with Gasteiger partial charge in [0, 0.05) is 56.2 Å². The quantitative estimate of drug-likeness (QED) is 0.944. The molecule has 4 nitrogen and oxygen atoms in total. The van der Waals surface area contributed by atoms with E-state index in [4.69, 9.17) is 5.73 Å². The van der Waals surface area contributed by atoms with Crippen molar-refractivity contribution < 1.29 is 8.78 Å². The molecule has 0 unspecified atom stereocenters. The third kappa shape index (κ3) is 2.87. The molecule has 1 aromatic carbocycles. The van der Waals surface area contributed by atoms with Crippen molar-refractivity contribution in [2.24, 2.45) is 5.73 Å². The number of anilines is 2. The summed E-state index contributed by atoms with van der Waals surface area (Å²) in [7, 11) is 0. The first-order valence-corrected chi connectivity index (χ1v) is 7.28. The van der Waals surface area contributed by atoms with Gasteiger partial charge in [-0.25, -0.2) is 13.8 Å². The molecule has 0 spiro atoms. The number of hydrogen-bond acceptors (Lipinski definition) is 4. The zero-order chi connectivity index (χ0) is 15.5. The maximum atomic E-state index is 13.3. The van der Waals surface area contributed by atoms with E-state index in [0.29, 0.717) is 12.2 Å². The number of pyridine rings is 1. The van der Waals surface area contributed by atoms with Crippen LogP contribution in [-0.4, -0.2) is 31.2 Å². The normalized spacial score (nSPS) is 15.2. The average Bonchev–Trinajstić information content (AvgIpc) is 2.57. The third-order valence-corrected chi connectivity index (χ3v) is 3.93. The number of rotatable bonds is 3. The summed E-state index contributed by atoms with van der Waals surface area (Å²) >= 11 is 0. The van der Waals surface area contributed by atoms with Crippen molar-refractivity contribution in [3.8, 4) is 0 Å². The highest BCUT2D eigenvalue weighted by molar-refractivity contribution is 5.52. The molecule has 0 aliphatic carbocycles. The van der Waals surface area contributed by atoms with Crippen LogP contribution in [0.5, 0.6) is 0 Å². The van der Waals surface area contributed by atoms with Gasteiger partial charge in [-0.15, -0.1) is 0 Å². The molecule has 22 heavy (non-hydrogen) atoms. The molecule has 116 valence electrons. The monoisotopic (exact) mass is 304 g/mol. The zero-order valence-corrected chi connectivity index (χ0v) is 12.2. The molecule has 3 rings (SSSR count). The summed E-state index contributed by atoms with van der Waals surface area (Å²) in [6.07, 6.45) is 1.76. The van der Waals surface area contributed by atoms with Crippen LogP contribution in [-0.2, 0) is 6.54 Å². The van der Waals surface area contributed by atoms with E-state index in [2.05, 4.69) is 9.88 Å². The van der Waals surface area contributed by atoms with Gasteiger partial charge in [0.1, 0.15) is 5.82 Å². The van der Waals surface area contributed by atoms with Crippen LogP contribution >= 0.6 is 0 Å². The molecule has 0 bridgehead atoms. The average molecular weight is 304 g/mol. The second-order valence-corrected chi connectivity index (χ2v) is 5.26. The van der Waals surface area contributed by atoms with Crippen LogP contribution in [0.15, 0.2) is 36.5 Å². The van der Waals surface area contributed by atoms with Gasteiger partial charge in [-0.05, 0) is 18.2 Å². The van der Waals surface area contributed by atoms with Crippen LogP contribution < -0.4 is 15.5 Å². The Kier molecular flexibility index (Phi) is 4.20. The minimum absolute atomic E-state index is 0.451. The van der Waals surface area contributed by atoms with Crippen molar-refractivity contribution in [1.82, 2.24) is 4.98 Å². The molecule has 6 heteroatoms. The van der Waals surface area contributed by atoms with E-state index in [1.807, 2.05) is 17.0 Å². The molecular formula is C16H18F2N4. The van der Waals surface area contributed by atoms with E-state index < -0.39 is 11.6 Å². The predicted octanol–water partition coefficient (Wildman–Crippen LogP) is 2.15. The Hall–Kier alpha value is -2.21. The van der Waals surface area contributed by atoms with Crippen LogP contribution in [0, 0.1) is 11.6 Å². The highest BCUT2D eigenvalue weighted by Crippen LogP contribution is 2.23. The first-order chi connectivity index (χ1) is 10.7. The molecule has 0 atom stereocenters. The van der Waals surface area contributed by atoms with E-state index in [0.717, 1.165) is 37.6 Å². The third-order valence-electron chi connectivity index (χ3n) is 3.93. The molecule has 2 aromatic rings. The summed E-state index contributed by atoms with van der Waals surface area (Å²) in [5, 5.41) is 0. The van der Waals surface area contributed by atoms with Crippen LogP contribution in [0.1, 0.15) is 5.56 Å². The van der Waals surface area contributed by atoms with E-state index in [9.17, 15) is 8.78 Å². The van der Waals surface area contributed by atoms with E-state index in [-0.39, 0.29) is 0 Å². The fourth-order valence-electron chi connectivity index (χ4n) is 2.73. The molecular weight excluding hydrogens is 286 g/mol. The number of nitrogens with zero attached hydrogens (tertiary/aromatic N) is 3. The van der Waals surface area contributed by atoms with Crippen LogP contribution in [0.2, 0.25) is 0 Å². The van der Waals surface area contributed by atoms with Crippen molar-refractivity contribution in [2.75, 3.05) is 36.0 Å². The summed E-state index contributed by atoms with van der Waals surface area (Å²) in [5.74, 6) is -0.714. The highest BCUT2D eigenvalue weighted by Gasteiger charge is 2.20. The largest absolute Gasteiger partial charge is 0.368 e. The van der Waals surface area contributed by atoms with Gasteiger partial charge in [0.2, 0.25) is 0 Å². The molecule has 1 saturated heterocycles. The lowest BCUT2D eigenvalue weighted by atomic mass is 10.2. The first-order valence-electron chi connectivity index (χ1n) is 7.28. The number of hydrogen-bond donors (Lipinski definition) is 1. The fourth-order valence-corrected chi connectivity index (χ4v) is 2.73. The van der Waals surface area contributed by atoms with Gasteiger partial charge in [-0.2, -0.15) is 0 Å². The van der Waals surface area contributed by atoms with E-state index >= 15 is 0 Å². The standard InChI is InChI=1S/C16H18F2N4/c17-14-4-3-13(10-15(14)18)21-6-8-22(9-7-21)16-12(11-19)2-1-5-20-16/h1-5,10H,6-9,11,19H2. The topological polar surface area (TPSA) is 45.4 Å². The number of benzene rings is 1. The molecule has 0 radical (unpaired) electrons. The summed E-state index contributed by atoms with van der Waals surface area (Å²) in [6.45, 7) is 3.44. The van der Waals surface area contributed by atoms with Crippen molar-refractivity contribution in [3.05, 3.63) is 53.7 Å². The van der Waals surface area contributed by atoms with Gasteiger partial charge in [0.25, 0.3) is 0 Å². The van der Waals surface area contributed by atoms with E-state index in [1.165, 1.54) is 12.1 Å². The fraction of sp³-hybridized carbons (Fsp3) is 0.312. The predicted molar refractivity (Wildman–Crippen MR) is 82.9 cm³/mol. The molecule has 2 heterocycles. The van der Waals surface area contributed by atoms with E-state index in [1.54, 1.807) is 12.3 Å². The lowest BCUT2D eigenvalue weighted by molar-refractivity contribution is 0.507. The number of aromatic nitrogens is 1. The van der Waals surface area contributed by atoms with Gasteiger partial charge in [-0.3, -0.25) is 0 Å². The number of nitrogens with two attached hydrogens (primary N) is 1. The molecule has 1 aliphatic rings. The van der Waals surface area contributed by atoms with Gasteiger partial charge < -0.3 is 15.5 Å². The summed E-state index contributed by atoms with van der Waals surface area (Å²) in [6, 6.07) is 7.88. The summed E-state index contributed by atoms with van der Waals surface area (Å²) < 4.78 is 26.3. The maximum absolute atomic E-state index is 13.3. The van der Waals surface area contributed by atoms with Crippen LogP contribution in [0.25, 0.3) is 0 Å². The summed E-state index contributed by atoms with van der Waals surface area (Å²) in [4.78, 5) is 8.64. The van der Waals surface area contributed by atoms with Crippen molar-refractivity contribution >= 4 is 11.5 Å². The highest BCUT2D eigenvalue weighted by atomic mass is 19.2. The Morgan fingerprint density at radius 3 is 2.41 bits per heavy atom. The smallest absolute Gasteiger partial charge is 0.160 e. The van der Waals surface area contributed by atoms with Gasteiger partial charge in [-0.1, -0.05) is 6.07 Å².